The second-order valence-electron chi connectivity index (χ2n) is 1.26. The van der Waals surface area contributed by atoms with E-state index in [-0.39, 0.29) is 12.0 Å². The fraction of sp³-hybridized carbons (Fsp3) is 0.750. The van der Waals surface area contributed by atoms with Crippen LogP contribution in [0.25, 0.3) is 0 Å². The number of amides is 1. The van der Waals surface area contributed by atoms with Crippen LogP contribution in [0.5, 0.6) is 0 Å². The zero-order chi connectivity index (χ0) is 7.28. The van der Waals surface area contributed by atoms with Crippen molar-refractivity contribution in [3.8, 4) is 0 Å². The summed E-state index contributed by atoms with van der Waals surface area (Å²) in [7, 11) is 1.52. The predicted octanol–water partition coefficient (Wildman–Crippen LogP) is 0.249. The van der Waals surface area contributed by atoms with Gasteiger partial charge in [-0.1, -0.05) is 11.8 Å². The van der Waals surface area contributed by atoms with Crippen LogP contribution in [0.15, 0.2) is 0 Å². The Balaban J connectivity index is 3.45. The molecule has 0 radical (unpaired) electrons. The molecule has 0 fully saturated rings. The Morgan fingerprint density at radius 2 is 2.44 bits per heavy atom. The smallest absolute Gasteiger partial charge is 0.304 e. The van der Waals surface area contributed by atoms with E-state index in [1.165, 1.54) is 7.05 Å². The molecule has 0 aromatic carbocycles. The summed E-state index contributed by atoms with van der Waals surface area (Å²) in [5.74, 6) is 0. The van der Waals surface area contributed by atoms with E-state index in [0.29, 0.717) is 0 Å². The number of carbonyl (C=O) groups is 1. The van der Waals surface area contributed by atoms with Crippen LogP contribution < -0.4 is 5.73 Å². The highest BCUT2D eigenvalue weighted by atomic mass is 32.2. The van der Waals surface area contributed by atoms with Crippen LogP contribution in [0.2, 0.25) is 0 Å². The largest absolute Gasteiger partial charge is 0.306 e. The third kappa shape index (κ3) is 3.34. The first-order valence-corrected chi connectivity index (χ1v) is 3.59. The van der Waals surface area contributed by atoms with Crippen molar-refractivity contribution in [2.75, 3.05) is 20.0 Å². The molecule has 2 N–H and O–H groups in total. The minimum atomic E-state index is -0.152. The summed E-state index contributed by atoms with van der Waals surface area (Å²) in [6.07, 6.45) is 1.68. The second kappa shape index (κ2) is 4.60. The van der Waals surface area contributed by atoms with E-state index in [1.807, 2.05) is 0 Å². The van der Waals surface area contributed by atoms with Crippen LogP contribution >= 0.6 is 11.8 Å². The van der Waals surface area contributed by atoms with Crippen molar-refractivity contribution in [1.82, 2.24) is 5.06 Å². The quantitative estimate of drug-likeness (QED) is 0.453. The number of hydroxylamine groups is 2. The first kappa shape index (κ1) is 8.74. The average Bonchev–Trinajstić information content (AvgIpc) is 1.87. The zero-order valence-electron chi connectivity index (χ0n) is 5.46. The Morgan fingerprint density at radius 1 is 1.89 bits per heavy atom. The van der Waals surface area contributed by atoms with Crippen LogP contribution in [0.1, 0.15) is 0 Å². The second-order valence-corrected chi connectivity index (χ2v) is 2.02. The van der Waals surface area contributed by atoms with Crippen molar-refractivity contribution < 1.29 is 9.63 Å². The molecule has 0 heterocycles. The summed E-state index contributed by atoms with van der Waals surface area (Å²) in [5, 5.41) is 0.949. The molecular weight excluding hydrogens is 140 g/mol. The Hall–Kier alpha value is -0.260. The van der Waals surface area contributed by atoms with Crippen molar-refractivity contribution in [1.29, 1.82) is 0 Å². The highest BCUT2D eigenvalue weighted by Gasteiger charge is 2.04. The van der Waals surface area contributed by atoms with Crippen LogP contribution in [-0.4, -0.2) is 30.3 Å². The summed E-state index contributed by atoms with van der Waals surface area (Å²) >= 11 is 1.08. The molecule has 54 valence electrons. The number of carbonyl (C=O) groups excluding carboxylic acids is 1. The van der Waals surface area contributed by atoms with E-state index in [9.17, 15) is 4.79 Å². The van der Waals surface area contributed by atoms with Gasteiger partial charge < -0.3 is 5.73 Å². The minimum Gasteiger partial charge on any atom is -0.306 e. The molecule has 0 aliphatic heterocycles. The van der Waals surface area contributed by atoms with E-state index >= 15 is 0 Å². The van der Waals surface area contributed by atoms with Gasteiger partial charge in [0.25, 0.3) is 0 Å². The molecule has 0 aromatic rings. The molecule has 0 aromatic heterocycles. The lowest BCUT2D eigenvalue weighted by Gasteiger charge is -2.12. The fourth-order valence-electron chi connectivity index (χ4n) is 0.293. The lowest BCUT2D eigenvalue weighted by molar-refractivity contribution is -0.0868. The van der Waals surface area contributed by atoms with Crippen molar-refractivity contribution >= 4 is 17.0 Å². The number of hydrogen-bond donors (Lipinski definition) is 1. The van der Waals surface area contributed by atoms with Crippen molar-refractivity contribution in [2.24, 2.45) is 5.73 Å². The molecule has 0 atom stereocenters. The molecule has 0 saturated heterocycles. The monoisotopic (exact) mass is 150 g/mol. The van der Waals surface area contributed by atoms with Gasteiger partial charge in [0.15, 0.2) is 0 Å². The fourth-order valence-corrected chi connectivity index (χ4v) is 0.603. The van der Waals surface area contributed by atoms with Crippen LogP contribution in [-0.2, 0) is 4.84 Å². The number of thioether (sulfide) groups is 1. The molecule has 0 bridgehead atoms. The molecule has 4 nitrogen and oxygen atoms in total. The number of rotatable bonds is 2. The predicted molar refractivity (Wildman–Crippen MR) is 36.8 cm³/mol. The van der Waals surface area contributed by atoms with Crippen LogP contribution in [0.3, 0.4) is 0 Å². The molecule has 1 amide bonds. The van der Waals surface area contributed by atoms with E-state index in [2.05, 4.69) is 4.84 Å². The first-order chi connectivity index (χ1) is 4.22. The molecule has 0 aliphatic rings. The average molecular weight is 150 g/mol. The summed E-state index contributed by atoms with van der Waals surface area (Å²) in [5.41, 5.74) is 5.00. The maximum absolute atomic E-state index is 10.6. The molecule has 0 unspecified atom stereocenters. The van der Waals surface area contributed by atoms with Gasteiger partial charge in [-0.2, -0.15) is 0 Å². The Morgan fingerprint density at radius 3 is 2.78 bits per heavy atom. The maximum Gasteiger partial charge on any atom is 0.304 e. The van der Waals surface area contributed by atoms with Gasteiger partial charge in [0.05, 0.1) is 0 Å². The Bertz CT molecular complexity index is 98.6. The Kier molecular flexibility index (Phi) is 4.47. The molecule has 9 heavy (non-hydrogen) atoms. The third-order valence-corrected chi connectivity index (χ3v) is 1.31. The van der Waals surface area contributed by atoms with Crippen molar-refractivity contribution in [2.45, 2.75) is 0 Å². The SMILES string of the molecule is CSC(=O)N(C)OCN. The van der Waals surface area contributed by atoms with Gasteiger partial charge in [-0.15, -0.1) is 0 Å². The van der Waals surface area contributed by atoms with E-state index < -0.39 is 0 Å². The van der Waals surface area contributed by atoms with Gasteiger partial charge >= 0.3 is 5.24 Å². The molecular formula is C4H10N2O2S. The standard InChI is InChI=1S/C4H10N2O2S/c1-6(8-3-5)4(7)9-2/h3,5H2,1-2H3. The molecule has 0 spiro atoms. The summed E-state index contributed by atoms with van der Waals surface area (Å²) in [6.45, 7) is 0.0306. The minimum absolute atomic E-state index is 0.0306. The van der Waals surface area contributed by atoms with Gasteiger partial charge in [0.2, 0.25) is 0 Å². The highest BCUT2D eigenvalue weighted by Crippen LogP contribution is 2.00. The molecule has 0 rings (SSSR count). The maximum atomic E-state index is 10.6. The van der Waals surface area contributed by atoms with Gasteiger partial charge in [-0.25, -0.2) is 5.06 Å². The van der Waals surface area contributed by atoms with Gasteiger partial charge in [0, 0.05) is 7.05 Å². The van der Waals surface area contributed by atoms with Gasteiger partial charge in [-0.3, -0.25) is 9.63 Å². The lowest BCUT2D eigenvalue weighted by atomic mass is 11.1. The molecule has 5 heteroatoms. The van der Waals surface area contributed by atoms with Crippen molar-refractivity contribution in [3.05, 3.63) is 0 Å². The molecule has 0 saturated carbocycles. The number of hydrogen-bond acceptors (Lipinski definition) is 4. The summed E-state index contributed by atoms with van der Waals surface area (Å²) in [4.78, 5) is 15.2. The third-order valence-electron chi connectivity index (χ3n) is 0.700. The highest BCUT2D eigenvalue weighted by molar-refractivity contribution is 8.12. The lowest BCUT2D eigenvalue weighted by Crippen LogP contribution is -2.25. The topological polar surface area (TPSA) is 55.6 Å². The van der Waals surface area contributed by atoms with Crippen LogP contribution in [0, 0.1) is 0 Å². The van der Waals surface area contributed by atoms with Crippen LogP contribution in [0.4, 0.5) is 4.79 Å². The molecule has 0 aliphatic carbocycles. The summed E-state index contributed by atoms with van der Waals surface area (Å²) in [6, 6.07) is 0. The zero-order valence-corrected chi connectivity index (χ0v) is 6.27. The normalized spacial score (nSPS) is 9.22. The van der Waals surface area contributed by atoms with E-state index in [1.54, 1.807) is 6.26 Å². The Labute approximate surface area is 58.3 Å². The van der Waals surface area contributed by atoms with Gasteiger partial charge in [0.1, 0.15) is 6.73 Å². The first-order valence-electron chi connectivity index (χ1n) is 2.37. The van der Waals surface area contributed by atoms with Gasteiger partial charge in [-0.05, 0) is 6.26 Å². The van der Waals surface area contributed by atoms with E-state index in [4.69, 9.17) is 5.73 Å². The summed E-state index contributed by atoms with van der Waals surface area (Å²) < 4.78 is 0. The van der Waals surface area contributed by atoms with E-state index in [0.717, 1.165) is 16.8 Å². The number of nitrogens with zero attached hydrogens (tertiary/aromatic N) is 1. The van der Waals surface area contributed by atoms with Crippen molar-refractivity contribution in [3.63, 3.8) is 0 Å². The number of nitrogens with two attached hydrogens (primary N) is 1.